The Morgan fingerprint density at radius 1 is 0.913 bits per heavy atom. The van der Waals surface area contributed by atoms with E-state index in [-0.39, 0.29) is 11.7 Å². The summed E-state index contributed by atoms with van der Waals surface area (Å²) in [5, 5.41) is 10.8. The molecule has 0 atom stereocenters. The SMILES string of the molecule is Cc1cc(O)c(-c2cc(-c3ccccc3C)nc(N)n2)cc1Cl. The Kier molecular flexibility index (Phi) is 3.92. The van der Waals surface area contributed by atoms with Gasteiger partial charge in [-0.25, -0.2) is 9.97 Å². The number of aromatic nitrogens is 2. The maximum atomic E-state index is 10.2. The average molecular weight is 326 g/mol. The number of anilines is 1. The molecule has 3 aromatic rings. The van der Waals surface area contributed by atoms with Gasteiger partial charge in [0.2, 0.25) is 5.95 Å². The molecular formula is C18H16ClN3O. The lowest BCUT2D eigenvalue weighted by Gasteiger charge is -2.10. The number of halogens is 1. The van der Waals surface area contributed by atoms with Crippen LogP contribution in [0.25, 0.3) is 22.5 Å². The number of hydrogen-bond acceptors (Lipinski definition) is 4. The van der Waals surface area contributed by atoms with Crippen LogP contribution in [0.2, 0.25) is 5.02 Å². The van der Waals surface area contributed by atoms with Crippen molar-refractivity contribution in [1.29, 1.82) is 0 Å². The largest absolute Gasteiger partial charge is 0.507 e. The van der Waals surface area contributed by atoms with E-state index in [9.17, 15) is 5.11 Å². The molecule has 0 aliphatic heterocycles. The Morgan fingerprint density at radius 2 is 1.57 bits per heavy atom. The number of rotatable bonds is 2. The monoisotopic (exact) mass is 325 g/mol. The molecule has 0 saturated heterocycles. The molecule has 2 aromatic carbocycles. The Bertz CT molecular complexity index is 893. The van der Waals surface area contributed by atoms with E-state index in [0.29, 0.717) is 22.0 Å². The van der Waals surface area contributed by atoms with Crippen LogP contribution in [-0.2, 0) is 0 Å². The lowest BCUT2D eigenvalue weighted by Crippen LogP contribution is -1.99. The fourth-order valence-electron chi connectivity index (χ4n) is 2.47. The predicted molar refractivity (Wildman–Crippen MR) is 93.5 cm³/mol. The van der Waals surface area contributed by atoms with Gasteiger partial charge < -0.3 is 10.8 Å². The summed E-state index contributed by atoms with van der Waals surface area (Å²) in [4.78, 5) is 8.55. The van der Waals surface area contributed by atoms with Crippen LogP contribution in [-0.4, -0.2) is 15.1 Å². The van der Waals surface area contributed by atoms with Crippen molar-refractivity contribution in [3.8, 4) is 28.3 Å². The molecule has 23 heavy (non-hydrogen) atoms. The van der Waals surface area contributed by atoms with Crippen LogP contribution in [0.5, 0.6) is 5.75 Å². The van der Waals surface area contributed by atoms with Crippen LogP contribution in [0.1, 0.15) is 11.1 Å². The van der Waals surface area contributed by atoms with Crippen molar-refractivity contribution >= 4 is 17.5 Å². The first-order chi connectivity index (χ1) is 11.0. The predicted octanol–water partition coefficient (Wildman–Crippen LogP) is 4.37. The first-order valence-electron chi connectivity index (χ1n) is 7.16. The van der Waals surface area contributed by atoms with Crippen molar-refractivity contribution in [1.82, 2.24) is 9.97 Å². The molecule has 3 N–H and O–H groups in total. The Hall–Kier alpha value is -2.59. The molecule has 0 aliphatic rings. The van der Waals surface area contributed by atoms with Gasteiger partial charge in [-0.1, -0.05) is 35.9 Å². The third-order valence-electron chi connectivity index (χ3n) is 3.72. The van der Waals surface area contributed by atoms with Gasteiger partial charge in [0.25, 0.3) is 0 Å². The van der Waals surface area contributed by atoms with Crippen LogP contribution >= 0.6 is 11.6 Å². The molecule has 0 radical (unpaired) electrons. The Morgan fingerprint density at radius 3 is 2.26 bits per heavy atom. The molecule has 1 heterocycles. The molecule has 116 valence electrons. The molecule has 0 aliphatic carbocycles. The fourth-order valence-corrected chi connectivity index (χ4v) is 2.64. The number of nitrogen functional groups attached to an aromatic ring is 1. The summed E-state index contributed by atoms with van der Waals surface area (Å²) < 4.78 is 0. The summed E-state index contributed by atoms with van der Waals surface area (Å²) in [5.41, 5.74) is 10.5. The van der Waals surface area contributed by atoms with Crippen molar-refractivity contribution < 1.29 is 5.11 Å². The quantitative estimate of drug-likeness (QED) is 0.734. The first kappa shape index (κ1) is 15.3. The van der Waals surface area contributed by atoms with Gasteiger partial charge >= 0.3 is 0 Å². The molecule has 0 fully saturated rings. The Balaban J connectivity index is 2.19. The van der Waals surface area contributed by atoms with Crippen LogP contribution in [0.3, 0.4) is 0 Å². The molecule has 0 bridgehead atoms. The van der Waals surface area contributed by atoms with Gasteiger partial charge in [0.05, 0.1) is 11.4 Å². The fraction of sp³-hybridized carbons (Fsp3) is 0.111. The standard InChI is InChI=1S/C18H16ClN3O/c1-10-5-3-4-6-12(10)15-9-16(22-18(20)21-15)13-8-14(19)11(2)7-17(13)23/h3-9,23H,1-2H3,(H2,20,21,22). The zero-order valence-corrected chi connectivity index (χ0v) is 13.6. The second-order valence-corrected chi connectivity index (χ2v) is 5.84. The number of nitrogens with two attached hydrogens (primary N) is 1. The maximum Gasteiger partial charge on any atom is 0.221 e. The summed E-state index contributed by atoms with van der Waals surface area (Å²) in [5.74, 6) is 0.262. The number of benzene rings is 2. The number of aryl methyl sites for hydroxylation is 2. The third kappa shape index (κ3) is 2.98. The minimum absolute atomic E-state index is 0.112. The summed E-state index contributed by atoms with van der Waals surface area (Å²) in [6, 6.07) is 13.0. The number of phenolic OH excluding ortho intramolecular Hbond substituents is 1. The molecule has 1 aromatic heterocycles. The average Bonchev–Trinajstić information content (AvgIpc) is 2.50. The number of phenols is 1. The summed E-state index contributed by atoms with van der Waals surface area (Å²) in [7, 11) is 0. The van der Waals surface area contributed by atoms with Crippen LogP contribution < -0.4 is 5.73 Å². The van der Waals surface area contributed by atoms with Gasteiger partial charge in [0.15, 0.2) is 0 Å². The van der Waals surface area contributed by atoms with Crippen molar-refractivity contribution in [2.24, 2.45) is 0 Å². The maximum absolute atomic E-state index is 10.2. The van der Waals surface area contributed by atoms with Crippen molar-refractivity contribution in [3.05, 3.63) is 58.6 Å². The van der Waals surface area contributed by atoms with Crippen LogP contribution in [0.15, 0.2) is 42.5 Å². The second kappa shape index (κ2) is 5.89. The normalized spacial score (nSPS) is 10.7. The van der Waals surface area contributed by atoms with E-state index in [4.69, 9.17) is 17.3 Å². The number of aromatic hydroxyl groups is 1. The van der Waals surface area contributed by atoms with E-state index in [1.54, 1.807) is 18.2 Å². The number of hydrogen-bond donors (Lipinski definition) is 2. The molecule has 0 saturated carbocycles. The van der Waals surface area contributed by atoms with Gasteiger partial charge in [-0.3, -0.25) is 0 Å². The molecule has 3 rings (SSSR count). The topological polar surface area (TPSA) is 72.0 Å². The minimum Gasteiger partial charge on any atom is -0.507 e. The van der Waals surface area contributed by atoms with Crippen molar-refractivity contribution in [2.45, 2.75) is 13.8 Å². The highest BCUT2D eigenvalue weighted by Crippen LogP contribution is 2.35. The van der Waals surface area contributed by atoms with Crippen molar-refractivity contribution in [3.63, 3.8) is 0 Å². The summed E-state index contributed by atoms with van der Waals surface area (Å²) in [6.45, 7) is 3.84. The molecular weight excluding hydrogens is 310 g/mol. The van der Waals surface area contributed by atoms with Gasteiger partial charge in [-0.15, -0.1) is 0 Å². The summed E-state index contributed by atoms with van der Waals surface area (Å²) in [6.07, 6.45) is 0. The van der Waals surface area contributed by atoms with E-state index >= 15 is 0 Å². The zero-order chi connectivity index (χ0) is 16.6. The lowest BCUT2D eigenvalue weighted by atomic mass is 10.0. The van der Waals surface area contributed by atoms with E-state index in [1.165, 1.54) is 0 Å². The molecule has 0 unspecified atom stereocenters. The van der Waals surface area contributed by atoms with E-state index in [2.05, 4.69) is 9.97 Å². The summed E-state index contributed by atoms with van der Waals surface area (Å²) >= 11 is 6.17. The first-order valence-corrected chi connectivity index (χ1v) is 7.53. The zero-order valence-electron chi connectivity index (χ0n) is 12.8. The second-order valence-electron chi connectivity index (χ2n) is 5.43. The van der Waals surface area contributed by atoms with Crippen LogP contribution in [0, 0.1) is 13.8 Å². The molecule has 0 amide bonds. The smallest absolute Gasteiger partial charge is 0.221 e. The van der Waals surface area contributed by atoms with Crippen molar-refractivity contribution in [2.75, 3.05) is 5.73 Å². The highest BCUT2D eigenvalue weighted by atomic mass is 35.5. The number of nitrogens with zero attached hydrogens (tertiary/aromatic N) is 2. The van der Waals surface area contributed by atoms with Gasteiger partial charge in [-0.05, 0) is 43.2 Å². The highest BCUT2D eigenvalue weighted by molar-refractivity contribution is 6.31. The van der Waals surface area contributed by atoms with Gasteiger partial charge in [0.1, 0.15) is 5.75 Å². The van der Waals surface area contributed by atoms with E-state index in [0.717, 1.165) is 16.7 Å². The molecule has 5 heteroatoms. The van der Waals surface area contributed by atoms with Gasteiger partial charge in [-0.2, -0.15) is 0 Å². The minimum atomic E-state index is 0.112. The van der Waals surface area contributed by atoms with Gasteiger partial charge in [0, 0.05) is 16.1 Å². The van der Waals surface area contributed by atoms with E-state index < -0.39 is 0 Å². The Labute approximate surface area is 139 Å². The van der Waals surface area contributed by atoms with Crippen LogP contribution in [0.4, 0.5) is 5.95 Å². The molecule has 4 nitrogen and oxygen atoms in total. The molecule has 0 spiro atoms. The highest BCUT2D eigenvalue weighted by Gasteiger charge is 2.13. The third-order valence-corrected chi connectivity index (χ3v) is 4.12. The lowest BCUT2D eigenvalue weighted by molar-refractivity contribution is 0.476. The van der Waals surface area contributed by atoms with E-state index in [1.807, 2.05) is 38.1 Å².